The maximum Gasteiger partial charge on any atom is 0.416 e. The molecule has 5 nitrogen and oxygen atoms in total. The fraction of sp³-hybridized carbons (Fsp3) is 0.200. The molecule has 1 aliphatic carbocycles. The maximum atomic E-state index is 12.3. The van der Waals surface area contributed by atoms with Crippen molar-refractivity contribution >= 4 is 6.09 Å². The zero-order valence-corrected chi connectivity index (χ0v) is 14.3. The van der Waals surface area contributed by atoms with Crippen molar-refractivity contribution in [2.24, 2.45) is 0 Å². The summed E-state index contributed by atoms with van der Waals surface area (Å²) in [7, 11) is 3.35. The number of rotatable bonds is 2. The molecule has 4 rings (SSSR count). The van der Waals surface area contributed by atoms with Gasteiger partial charge in [-0.1, -0.05) is 42.5 Å². The first-order valence-electron chi connectivity index (χ1n) is 8.30. The first-order valence-corrected chi connectivity index (χ1v) is 8.30. The van der Waals surface area contributed by atoms with E-state index in [9.17, 15) is 4.79 Å². The summed E-state index contributed by atoms with van der Waals surface area (Å²) in [5, 5.41) is 4.75. The van der Waals surface area contributed by atoms with E-state index in [1.54, 1.807) is 18.8 Å². The molecule has 0 atom stereocenters. The van der Waals surface area contributed by atoms with Crippen LogP contribution in [-0.2, 0) is 12.8 Å². The van der Waals surface area contributed by atoms with Crippen LogP contribution in [0.1, 0.15) is 11.3 Å². The lowest BCUT2D eigenvalue weighted by Gasteiger charge is -2.17. The molecule has 0 bridgehead atoms. The number of aryl methyl sites for hydroxylation is 2. The Morgan fingerprint density at radius 1 is 1.04 bits per heavy atom. The van der Waals surface area contributed by atoms with E-state index >= 15 is 0 Å². The quantitative estimate of drug-likeness (QED) is 0.718. The summed E-state index contributed by atoms with van der Waals surface area (Å²) in [4.78, 5) is 13.7. The third kappa shape index (κ3) is 2.67. The van der Waals surface area contributed by atoms with Gasteiger partial charge >= 0.3 is 6.09 Å². The smallest absolute Gasteiger partial charge is 0.390 e. The van der Waals surface area contributed by atoms with Crippen molar-refractivity contribution in [2.45, 2.75) is 12.8 Å². The molecule has 0 spiro atoms. The summed E-state index contributed by atoms with van der Waals surface area (Å²) >= 11 is 0. The lowest BCUT2D eigenvalue weighted by atomic mass is 9.90. The lowest BCUT2D eigenvalue weighted by Crippen LogP contribution is -2.26. The Kier molecular flexibility index (Phi) is 3.76. The largest absolute Gasteiger partial charge is 0.416 e. The Morgan fingerprint density at radius 2 is 1.76 bits per heavy atom. The Hall–Kier alpha value is -3.08. The first-order chi connectivity index (χ1) is 12.1. The maximum absolute atomic E-state index is 12.3. The van der Waals surface area contributed by atoms with Crippen molar-refractivity contribution in [3.8, 4) is 22.7 Å². The molecule has 1 heterocycles. The van der Waals surface area contributed by atoms with Gasteiger partial charge < -0.3 is 9.64 Å². The van der Waals surface area contributed by atoms with Crippen LogP contribution in [0, 0.1) is 0 Å². The second-order valence-corrected chi connectivity index (χ2v) is 6.29. The van der Waals surface area contributed by atoms with Gasteiger partial charge in [-0.3, -0.25) is 0 Å². The fourth-order valence-electron chi connectivity index (χ4n) is 3.14. The second-order valence-electron chi connectivity index (χ2n) is 6.29. The van der Waals surface area contributed by atoms with Crippen LogP contribution in [0.5, 0.6) is 5.88 Å². The highest BCUT2D eigenvalue weighted by molar-refractivity contribution is 5.80. The highest BCUT2D eigenvalue weighted by Crippen LogP contribution is 2.41. The molecule has 0 saturated carbocycles. The van der Waals surface area contributed by atoms with Gasteiger partial charge in [0, 0.05) is 14.1 Å². The summed E-state index contributed by atoms with van der Waals surface area (Å²) in [6.45, 7) is 0. The van der Waals surface area contributed by atoms with Crippen molar-refractivity contribution in [3.63, 3.8) is 0 Å². The zero-order valence-electron chi connectivity index (χ0n) is 14.3. The molecule has 1 aliphatic rings. The third-order valence-corrected chi connectivity index (χ3v) is 4.38. The number of aromatic nitrogens is 2. The predicted octanol–water partition coefficient (Wildman–Crippen LogP) is 3.70. The van der Waals surface area contributed by atoms with Gasteiger partial charge in [0.15, 0.2) is 0 Å². The molecule has 126 valence electrons. The number of hydrogen-bond donors (Lipinski definition) is 0. The Morgan fingerprint density at radius 3 is 2.52 bits per heavy atom. The number of para-hydroxylation sites is 1. The van der Waals surface area contributed by atoms with Crippen LogP contribution in [0.2, 0.25) is 0 Å². The topological polar surface area (TPSA) is 47.4 Å². The fourth-order valence-corrected chi connectivity index (χ4v) is 3.14. The number of carbonyl (C=O) groups is 1. The molecule has 0 N–H and O–H groups in total. The molecule has 0 fully saturated rings. The van der Waals surface area contributed by atoms with Gasteiger partial charge in [0.05, 0.1) is 16.9 Å². The molecule has 0 radical (unpaired) electrons. The number of benzene rings is 2. The number of hydrogen-bond acceptors (Lipinski definition) is 3. The monoisotopic (exact) mass is 333 g/mol. The molecule has 2 aromatic carbocycles. The Bertz CT molecular complexity index is 929. The number of nitrogens with zero attached hydrogens (tertiary/aromatic N) is 3. The van der Waals surface area contributed by atoms with Crippen molar-refractivity contribution in [3.05, 3.63) is 65.9 Å². The molecule has 5 heteroatoms. The van der Waals surface area contributed by atoms with Crippen molar-refractivity contribution in [2.75, 3.05) is 14.1 Å². The van der Waals surface area contributed by atoms with Gasteiger partial charge in [-0.15, -0.1) is 0 Å². The summed E-state index contributed by atoms with van der Waals surface area (Å²) in [5.74, 6) is 0.479. The van der Waals surface area contributed by atoms with Crippen molar-refractivity contribution in [1.82, 2.24) is 14.7 Å². The average molecular weight is 333 g/mol. The van der Waals surface area contributed by atoms with Crippen LogP contribution in [0.15, 0.2) is 54.6 Å². The van der Waals surface area contributed by atoms with Crippen LogP contribution in [0.25, 0.3) is 16.8 Å². The molecule has 0 unspecified atom stereocenters. The normalized spacial score (nSPS) is 12.2. The van der Waals surface area contributed by atoms with Crippen LogP contribution in [-0.4, -0.2) is 34.9 Å². The van der Waals surface area contributed by atoms with E-state index in [0.717, 1.165) is 35.3 Å². The van der Waals surface area contributed by atoms with E-state index in [0.29, 0.717) is 5.88 Å². The third-order valence-electron chi connectivity index (χ3n) is 4.38. The SMILES string of the molecule is CN(C)C(=O)Oc1c2c(nn1-c1ccccc1)CCc1ccccc1-2. The Balaban J connectivity index is 1.93. The number of ether oxygens (including phenoxy) is 1. The minimum atomic E-state index is -0.414. The summed E-state index contributed by atoms with van der Waals surface area (Å²) in [6, 6.07) is 18.0. The van der Waals surface area contributed by atoms with Crippen molar-refractivity contribution < 1.29 is 9.53 Å². The van der Waals surface area contributed by atoms with Gasteiger partial charge in [-0.25, -0.2) is 4.79 Å². The molecular formula is C20H19N3O2. The molecule has 25 heavy (non-hydrogen) atoms. The van der Waals surface area contributed by atoms with E-state index in [-0.39, 0.29) is 0 Å². The summed E-state index contributed by atoms with van der Waals surface area (Å²) in [5.41, 5.74) is 5.10. The van der Waals surface area contributed by atoms with Gasteiger partial charge in [-0.05, 0) is 36.1 Å². The summed E-state index contributed by atoms with van der Waals surface area (Å²) in [6.07, 6.45) is 1.36. The lowest BCUT2D eigenvalue weighted by molar-refractivity contribution is 0.169. The van der Waals surface area contributed by atoms with Gasteiger partial charge in [-0.2, -0.15) is 9.78 Å². The number of amides is 1. The van der Waals surface area contributed by atoms with E-state index in [2.05, 4.69) is 12.1 Å². The van der Waals surface area contributed by atoms with Crippen LogP contribution >= 0.6 is 0 Å². The van der Waals surface area contributed by atoms with Crippen LogP contribution in [0.3, 0.4) is 0 Å². The molecule has 1 amide bonds. The number of fused-ring (bicyclic) bond motifs is 3. The molecule has 3 aromatic rings. The first kappa shape index (κ1) is 15.4. The van der Waals surface area contributed by atoms with Gasteiger partial charge in [0.2, 0.25) is 5.88 Å². The van der Waals surface area contributed by atoms with Gasteiger partial charge in [0.25, 0.3) is 0 Å². The molecule has 0 saturated heterocycles. The molecule has 0 aliphatic heterocycles. The molecular weight excluding hydrogens is 314 g/mol. The Labute approximate surface area is 146 Å². The number of carbonyl (C=O) groups excluding carboxylic acids is 1. The van der Waals surface area contributed by atoms with Gasteiger partial charge in [0.1, 0.15) is 0 Å². The van der Waals surface area contributed by atoms with E-state index in [1.807, 2.05) is 42.5 Å². The minimum Gasteiger partial charge on any atom is -0.390 e. The highest BCUT2D eigenvalue weighted by atomic mass is 16.6. The van der Waals surface area contributed by atoms with E-state index in [4.69, 9.17) is 9.84 Å². The predicted molar refractivity (Wildman–Crippen MR) is 96.1 cm³/mol. The minimum absolute atomic E-state index is 0.414. The zero-order chi connectivity index (χ0) is 17.4. The highest BCUT2D eigenvalue weighted by Gasteiger charge is 2.28. The van der Waals surface area contributed by atoms with Crippen LogP contribution < -0.4 is 4.74 Å². The average Bonchev–Trinajstić information content (AvgIpc) is 3.01. The summed E-state index contributed by atoms with van der Waals surface area (Å²) < 4.78 is 7.47. The van der Waals surface area contributed by atoms with Crippen molar-refractivity contribution in [1.29, 1.82) is 0 Å². The van der Waals surface area contributed by atoms with E-state index < -0.39 is 6.09 Å². The second kappa shape index (κ2) is 6.09. The van der Waals surface area contributed by atoms with E-state index in [1.165, 1.54) is 10.5 Å². The standard InChI is InChI=1S/C20H19N3O2/c1-22(2)20(24)25-19-18-16-11-7-6-8-14(16)12-13-17(18)21-23(19)15-9-4-3-5-10-15/h3-11H,12-13H2,1-2H3. The molecule has 1 aromatic heterocycles. The van der Waals surface area contributed by atoms with Crippen LogP contribution in [0.4, 0.5) is 4.79 Å².